The molecule has 1 aliphatic rings. The highest BCUT2D eigenvalue weighted by atomic mass is 16.6. The number of nitrogens with one attached hydrogen (secondary N) is 1. The zero-order valence-electron chi connectivity index (χ0n) is 16.7. The monoisotopic (exact) mass is 375 g/mol. The molecule has 1 saturated heterocycles. The van der Waals surface area contributed by atoms with E-state index in [-0.39, 0.29) is 11.7 Å². The van der Waals surface area contributed by atoms with E-state index in [1.807, 2.05) is 24.3 Å². The maximum absolute atomic E-state index is 12.6. The summed E-state index contributed by atoms with van der Waals surface area (Å²) in [6, 6.07) is 6.87. The average molecular weight is 375 g/mol. The quantitative estimate of drug-likeness (QED) is 0.818. The van der Waals surface area contributed by atoms with Crippen molar-refractivity contribution in [1.82, 2.24) is 10.2 Å². The smallest absolute Gasteiger partial charge is 0.408 e. The van der Waals surface area contributed by atoms with Crippen LogP contribution in [0.1, 0.15) is 45.0 Å². The summed E-state index contributed by atoms with van der Waals surface area (Å²) >= 11 is 0. The molecule has 0 aromatic heterocycles. The zero-order valence-corrected chi connectivity index (χ0v) is 16.7. The number of ketones is 1. The Balaban J connectivity index is 1.86. The van der Waals surface area contributed by atoms with E-state index >= 15 is 0 Å². The number of nitrogens with zero attached hydrogens (tertiary/aromatic N) is 2. The molecule has 0 radical (unpaired) electrons. The lowest BCUT2D eigenvalue weighted by Crippen LogP contribution is -2.54. The van der Waals surface area contributed by atoms with Crippen LogP contribution in [0.15, 0.2) is 24.3 Å². The van der Waals surface area contributed by atoms with Gasteiger partial charge in [-0.2, -0.15) is 0 Å². The third kappa shape index (κ3) is 5.98. The number of carbonyl (C=O) groups is 3. The van der Waals surface area contributed by atoms with Gasteiger partial charge in [-0.05, 0) is 58.9 Å². The summed E-state index contributed by atoms with van der Waals surface area (Å²) in [6.07, 6.45) is -0.590. The first-order chi connectivity index (χ1) is 12.6. The average Bonchev–Trinajstić information content (AvgIpc) is 2.59. The molecule has 1 fully saturated rings. The SMILES string of the molecule is CC(=O)c1ccc(N2CCN(C(=O)C(C)NC(=O)OC(C)(C)C)CC2)cc1. The number of benzene rings is 1. The van der Waals surface area contributed by atoms with Crippen molar-refractivity contribution in [3.63, 3.8) is 0 Å². The first kappa shape index (κ1) is 20.7. The lowest BCUT2D eigenvalue weighted by Gasteiger charge is -2.37. The third-order valence-electron chi connectivity index (χ3n) is 4.33. The molecule has 27 heavy (non-hydrogen) atoms. The second-order valence-electron chi connectivity index (χ2n) is 7.78. The fraction of sp³-hybridized carbons (Fsp3) is 0.550. The highest BCUT2D eigenvalue weighted by Gasteiger charge is 2.27. The highest BCUT2D eigenvalue weighted by molar-refractivity contribution is 5.94. The van der Waals surface area contributed by atoms with E-state index < -0.39 is 17.7 Å². The van der Waals surface area contributed by atoms with Gasteiger partial charge in [0, 0.05) is 37.4 Å². The van der Waals surface area contributed by atoms with E-state index in [1.54, 1.807) is 39.5 Å². The molecule has 0 aliphatic carbocycles. The number of ether oxygens (including phenoxy) is 1. The number of Topliss-reactive ketones (excluding diaryl/α,β-unsaturated/α-hetero) is 1. The summed E-state index contributed by atoms with van der Waals surface area (Å²) in [7, 11) is 0. The fourth-order valence-corrected chi connectivity index (χ4v) is 2.91. The molecule has 1 atom stereocenters. The van der Waals surface area contributed by atoms with Crippen molar-refractivity contribution in [3.8, 4) is 0 Å². The van der Waals surface area contributed by atoms with E-state index in [0.29, 0.717) is 31.7 Å². The maximum atomic E-state index is 12.6. The number of carbonyl (C=O) groups excluding carboxylic acids is 3. The van der Waals surface area contributed by atoms with Crippen LogP contribution < -0.4 is 10.2 Å². The second-order valence-corrected chi connectivity index (χ2v) is 7.78. The van der Waals surface area contributed by atoms with E-state index in [4.69, 9.17) is 4.74 Å². The molecule has 0 saturated carbocycles. The van der Waals surface area contributed by atoms with Crippen LogP contribution in [0.4, 0.5) is 10.5 Å². The topological polar surface area (TPSA) is 79.0 Å². The van der Waals surface area contributed by atoms with Crippen LogP contribution in [-0.4, -0.2) is 60.5 Å². The standard InChI is InChI=1S/C20H29N3O4/c1-14(21-19(26)27-20(3,4)5)18(25)23-12-10-22(11-13-23)17-8-6-16(7-9-17)15(2)24/h6-9,14H,10-13H2,1-5H3,(H,21,26). The number of hydrogen-bond acceptors (Lipinski definition) is 5. The van der Waals surface area contributed by atoms with Crippen molar-refractivity contribution in [2.45, 2.75) is 46.3 Å². The fourth-order valence-electron chi connectivity index (χ4n) is 2.91. The number of amides is 2. The van der Waals surface area contributed by atoms with E-state index in [2.05, 4.69) is 10.2 Å². The van der Waals surface area contributed by atoms with Crippen LogP contribution in [-0.2, 0) is 9.53 Å². The summed E-state index contributed by atoms with van der Waals surface area (Å²) in [4.78, 5) is 39.7. The molecule has 0 spiro atoms. The minimum atomic E-state index is -0.638. The minimum absolute atomic E-state index is 0.0449. The summed E-state index contributed by atoms with van der Waals surface area (Å²) in [5.41, 5.74) is 1.12. The van der Waals surface area contributed by atoms with Gasteiger partial charge in [-0.3, -0.25) is 9.59 Å². The number of piperazine rings is 1. The Hall–Kier alpha value is -2.57. The molecule has 7 nitrogen and oxygen atoms in total. The van der Waals surface area contributed by atoms with Crippen LogP contribution in [0.2, 0.25) is 0 Å². The summed E-state index contributed by atoms with van der Waals surface area (Å²) in [5, 5.41) is 2.60. The van der Waals surface area contributed by atoms with Gasteiger partial charge in [0.05, 0.1) is 0 Å². The number of alkyl carbamates (subject to hydrolysis) is 1. The molecule has 1 N–H and O–H groups in total. The molecule has 2 amide bonds. The van der Waals surface area contributed by atoms with Gasteiger partial charge in [-0.1, -0.05) is 0 Å². The predicted octanol–water partition coefficient (Wildman–Crippen LogP) is 2.45. The van der Waals surface area contributed by atoms with E-state index in [0.717, 1.165) is 5.69 Å². The van der Waals surface area contributed by atoms with Crippen molar-refractivity contribution >= 4 is 23.5 Å². The molecule has 7 heteroatoms. The third-order valence-corrected chi connectivity index (χ3v) is 4.33. The predicted molar refractivity (Wildman–Crippen MR) is 104 cm³/mol. The van der Waals surface area contributed by atoms with Crippen molar-refractivity contribution < 1.29 is 19.1 Å². The molecule has 1 aliphatic heterocycles. The van der Waals surface area contributed by atoms with Gasteiger partial charge in [0.1, 0.15) is 11.6 Å². The van der Waals surface area contributed by atoms with Gasteiger partial charge in [-0.15, -0.1) is 0 Å². The molecule has 1 aromatic carbocycles. The molecule has 1 heterocycles. The van der Waals surface area contributed by atoms with Gasteiger partial charge in [0.15, 0.2) is 5.78 Å². The zero-order chi connectivity index (χ0) is 20.2. The van der Waals surface area contributed by atoms with Crippen molar-refractivity contribution in [3.05, 3.63) is 29.8 Å². The molecular formula is C20H29N3O4. The second kappa shape index (κ2) is 8.41. The Bertz CT molecular complexity index is 686. The van der Waals surface area contributed by atoms with Crippen LogP contribution in [0.5, 0.6) is 0 Å². The molecule has 0 bridgehead atoms. The number of rotatable bonds is 4. The normalized spacial score (nSPS) is 15.9. The number of hydrogen-bond donors (Lipinski definition) is 1. The Morgan fingerprint density at radius 3 is 2.07 bits per heavy atom. The van der Waals surface area contributed by atoms with Crippen LogP contribution in [0.25, 0.3) is 0 Å². The first-order valence-corrected chi connectivity index (χ1v) is 9.21. The Morgan fingerprint density at radius 1 is 1.04 bits per heavy atom. The Kier molecular flexibility index (Phi) is 6.46. The molecule has 1 unspecified atom stereocenters. The molecule has 1 aromatic rings. The van der Waals surface area contributed by atoms with Gasteiger partial charge >= 0.3 is 6.09 Å². The van der Waals surface area contributed by atoms with Gasteiger partial charge < -0.3 is 19.9 Å². The maximum Gasteiger partial charge on any atom is 0.408 e. The Morgan fingerprint density at radius 2 is 1.59 bits per heavy atom. The molecule has 148 valence electrons. The molecule has 2 rings (SSSR count). The van der Waals surface area contributed by atoms with E-state index in [9.17, 15) is 14.4 Å². The Labute approximate surface area is 160 Å². The van der Waals surface area contributed by atoms with E-state index in [1.165, 1.54) is 0 Å². The largest absolute Gasteiger partial charge is 0.444 e. The lowest BCUT2D eigenvalue weighted by molar-refractivity contribution is -0.133. The van der Waals surface area contributed by atoms with Crippen LogP contribution in [0.3, 0.4) is 0 Å². The first-order valence-electron chi connectivity index (χ1n) is 9.21. The minimum Gasteiger partial charge on any atom is -0.444 e. The van der Waals surface area contributed by atoms with Crippen molar-refractivity contribution in [2.75, 3.05) is 31.1 Å². The summed E-state index contributed by atoms with van der Waals surface area (Å²) in [6.45, 7) is 11.1. The highest BCUT2D eigenvalue weighted by Crippen LogP contribution is 2.18. The summed E-state index contributed by atoms with van der Waals surface area (Å²) < 4.78 is 5.19. The van der Waals surface area contributed by atoms with Crippen molar-refractivity contribution in [2.24, 2.45) is 0 Å². The summed E-state index contributed by atoms with van der Waals surface area (Å²) in [5.74, 6) is -0.0733. The lowest BCUT2D eigenvalue weighted by atomic mass is 10.1. The van der Waals surface area contributed by atoms with Crippen molar-refractivity contribution in [1.29, 1.82) is 0 Å². The molecular weight excluding hydrogens is 346 g/mol. The van der Waals surface area contributed by atoms with Gasteiger partial charge in [0.2, 0.25) is 5.91 Å². The van der Waals surface area contributed by atoms with Crippen LogP contribution in [0, 0.1) is 0 Å². The van der Waals surface area contributed by atoms with Crippen LogP contribution >= 0.6 is 0 Å². The van der Waals surface area contributed by atoms with Gasteiger partial charge in [0.25, 0.3) is 0 Å². The van der Waals surface area contributed by atoms with Gasteiger partial charge in [-0.25, -0.2) is 4.79 Å². The number of anilines is 1.